The molecule has 0 aliphatic carbocycles. The Morgan fingerprint density at radius 2 is 1.62 bits per heavy atom. The van der Waals surface area contributed by atoms with Crippen LogP contribution in [0.4, 0.5) is 10.5 Å². The van der Waals surface area contributed by atoms with Gasteiger partial charge in [0.2, 0.25) is 0 Å². The quantitative estimate of drug-likeness (QED) is 0.642. The summed E-state index contributed by atoms with van der Waals surface area (Å²) in [4.78, 5) is 13.5. The lowest BCUT2D eigenvalue weighted by atomic mass is 9.78. The minimum absolute atomic E-state index is 0.134. The second-order valence-electron chi connectivity index (χ2n) is 10.7. The summed E-state index contributed by atoms with van der Waals surface area (Å²) in [5, 5.41) is 3.48. The van der Waals surface area contributed by atoms with Crippen molar-refractivity contribution in [3.8, 4) is 5.75 Å². The molecule has 4 rings (SSSR count). The predicted molar refractivity (Wildman–Crippen MR) is 127 cm³/mol. The van der Waals surface area contributed by atoms with Crippen LogP contribution in [-0.2, 0) is 9.47 Å². The molecule has 6 heteroatoms. The number of hydrogen-bond donors (Lipinski definition) is 1. The van der Waals surface area contributed by atoms with Crippen LogP contribution in [0.3, 0.4) is 0 Å². The maximum atomic E-state index is 13.5. The summed E-state index contributed by atoms with van der Waals surface area (Å²) in [7, 11) is 0. The van der Waals surface area contributed by atoms with Crippen molar-refractivity contribution in [2.75, 3.05) is 32.8 Å². The van der Waals surface area contributed by atoms with Crippen LogP contribution in [0.2, 0.25) is 0 Å². The number of carbonyl (C=O) groups excluding carboxylic acids is 1. The SMILES string of the molecule is CC(C)(C)OC(=O)[N+]1(c2ccc(OC3CCCCO3)cc2)CCC(C2CCNCC2)CC1. The third-order valence-corrected chi connectivity index (χ3v) is 7.29. The highest BCUT2D eigenvalue weighted by atomic mass is 16.7. The van der Waals surface area contributed by atoms with E-state index in [4.69, 9.17) is 14.2 Å². The van der Waals surface area contributed by atoms with Gasteiger partial charge in [-0.2, -0.15) is 9.28 Å². The number of nitrogens with zero attached hydrogens (tertiary/aromatic N) is 1. The maximum absolute atomic E-state index is 13.5. The van der Waals surface area contributed by atoms with Gasteiger partial charge in [-0.15, -0.1) is 0 Å². The summed E-state index contributed by atoms with van der Waals surface area (Å²) < 4.78 is 17.9. The summed E-state index contributed by atoms with van der Waals surface area (Å²) in [6.45, 7) is 10.5. The minimum atomic E-state index is -0.504. The lowest BCUT2D eigenvalue weighted by Crippen LogP contribution is -2.60. The van der Waals surface area contributed by atoms with Gasteiger partial charge in [0.05, 0.1) is 19.7 Å². The third kappa shape index (κ3) is 5.64. The van der Waals surface area contributed by atoms with Crippen molar-refractivity contribution < 1.29 is 19.0 Å². The number of rotatable bonds is 4. The molecule has 0 radical (unpaired) electrons. The van der Waals surface area contributed by atoms with Gasteiger partial charge >= 0.3 is 6.09 Å². The van der Waals surface area contributed by atoms with Gasteiger partial charge in [-0.05, 0) is 83.5 Å². The molecule has 0 aromatic heterocycles. The Labute approximate surface area is 193 Å². The van der Waals surface area contributed by atoms with Crippen LogP contribution >= 0.6 is 0 Å². The molecule has 1 aromatic rings. The number of carbonyl (C=O) groups is 1. The van der Waals surface area contributed by atoms with Gasteiger partial charge in [-0.3, -0.25) is 0 Å². The van der Waals surface area contributed by atoms with Crippen molar-refractivity contribution >= 4 is 11.8 Å². The van der Waals surface area contributed by atoms with Crippen molar-refractivity contribution in [3.63, 3.8) is 0 Å². The predicted octanol–water partition coefficient (Wildman–Crippen LogP) is 5.24. The molecular weight excluding hydrogens is 404 g/mol. The van der Waals surface area contributed by atoms with Crippen molar-refractivity contribution in [1.82, 2.24) is 9.80 Å². The van der Waals surface area contributed by atoms with Gasteiger partial charge in [-0.25, -0.2) is 0 Å². The van der Waals surface area contributed by atoms with E-state index in [1.807, 2.05) is 45.0 Å². The van der Waals surface area contributed by atoms with Crippen LogP contribution in [0, 0.1) is 11.8 Å². The number of hydrogen-bond acceptors (Lipinski definition) is 5. The first-order valence-corrected chi connectivity index (χ1v) is 12.6. The zero-order chi connectivity index (χ0) is 22.6. The summed E-state index contributed by atoms with van der Waals surface area (Å²) in [6, 6.07) is 8.06. The van der Waals surface area contributed by atoms with Gasteiger partial charge in [0.15, 0.2) is 6.29 Å². The van der Waals surface area contributed by atoms with Crippen LogP contribution in [0.15, 0.2) is 24.3 Å². The highest BCUT2D eigenvalue weighted by Crippen LogP contribution is 2.38. The topological polar surface area (TPSA) is 56.8 Å². The van der Waals surface area contributed by atoms with E-state index in [-0.39, 0.29) is 16.9 Å². The van der Waals surface area contributed by atoms with E-state index in [0.29, 0.717) is 5.92 Å². The van der Waals surface area contributed by atoms with E-state index in [1.54, 1.807) is 0 Å². The number of piperidine rings is 2. The molecule has 1 unspecified atom stereocenters. The summed E-state index contributed by atoms with van der Waals surface area (Å²) >= 11 is 0. The fourth-order valence-corrected chi connectivity index (χ4v) is 5.48. The summed E-state index contributed by atoms with van der Waals surface area (Å²) in [6.07, 6.45) is 7.52. The summed E-state index contributed by atoms with van der Waals surface area (Å²) in [5.74, 6) is 2.28. The fourth-order valence-electron chi connectivity index (χ4n) is 5.48. The van der Waals surface area contributed by atoms with Crippen molar-refractivity contribution in [2.45, 2.75) is 77.6 Å². The smallest absolute Gasteiger partial charge is 0.465 e. The number of likely N-dealkylation sites (tertiary alicyclic amines) is 1. The highest BCUT2D eigenvalue weighted by Gasteiger charge is 2.47. The average Bonchev–Trinajstić information content (AvgIpc) is 2.80. The highest BCUT2D eigenvalue weighted by molar-refractivity contribution is 5.83. The van der Waals surface area contributed by atoms with Crippen LogP contribution in [0.5, 0.6) is 5.75 Å². The molecule has 3 heterocycles. The molecule has 1 N–H and O–H groups in total. The Kier molecular flexibility index (Phi) is 7.43. The molecule has 3 saturated heterocycles. The molecule has 1 atom stereocenters. The molecule has 3 fully saturated rings. The van der Waals surface area contributed by atoms with E-state index in [0.717, 1.165) is 82.2 Å². The number of ether oxygens (including phenoxy) is 3. The lowest BCUT2D eigenvalue weighted by Gasteiger charge is -2.43. The number of nitrogens with one attached hydrogen (secondary N) is 1. The van der Waals surface area contributed by atoms with Gasteiger partial charge in [0, 0.05) is 31.4 Å². The minimum Gasteiger partial charge on any atom is -0.465 e. The molecule has 0 spiro atoms. The monoisotopic (exact) mass is 445 g/mol. The molecule has 32 heavy (non-hydrogen) atoms. The maximum Gasteiger partial charge on any atom is 0.521 e. The van der Waals surface area contributed by atoms with Gasteiger partial charge in [0.1, 0.15) is 17.0 Å². The largest absolute Gasteiger partial charge is 0.521 e. The third-order valence-electron chi connectivity index (χ3n) is 7.29. The Morgan fingerprint density at radius 3 is 2.22 bits per heavy atom. The zero-order valence-corrected chi connectivity index (χ0v) is 20.1. The molecule has 1 amide bonds. The van der Waals surface area contributed by atoms with E-state index in [9.17, 15) is 4.79 Å². The molecule has 6 nitrogen and oxygen atoms in total. The van der Waals surface area contributed by atoms with E-state index in [2.05, 4.69) is 5.32 Å². The van der Waals surface area contributed by atoms with E-state index < -0.39 is 5.60 Å². The van der Waals surface area contributed by atoms with Crippen molar-refractivity contribution in [1.29, 1.82) is 0 Å². The average molecular weight is 446 g/mol. The van der Waals surface area contributed by atoms with Crippen molar-refractivity contribution in [2.24, 2.45) is 11.8 Å². The fraction of sp³-hybridized carbons (Fsp3) is 0.731. The van der Waals surface area contributed by atoms with Gasteiger partial charge < -0.3 is 19.5 Å². The zero-order valence-electron chi connectivity index (χ0n) is 20.1. The van der Waals surface area contributed by atoms with Crippen LogP contribution in [0.1, 0.15) is 65.7 Å². The molecule has 0 bridgehead atoms. The molecule has 1 aromatic carbocycles. The Balaban J connectivity index is 1.49. The number of amides is 1. The van der Waals surface area contributed by atoms with Crippen LogP contribution in [-0.4, -0.2) is 50.8 Å². The normalized spacial score (nSPS) is 30.0. The first-order valence-electron chi connectivity index (χ1n) is 12.6. The van der Waals surface area contributed by atoms with Crippen LogP contribution < -0.4 is 14.5 Å². The van der Waals surface area contributed by atoms with Crippen LogP contribution in [0.25, 0.3) is 0 Å². The van der Waals surface area contributed by atoms with Gasteiger partial charge in [-0.1, -0.05) is 0 Å². The molecule has 178 valence electrons. The Hall–Kier alpha value is -1.63. The number of quaternary nitrogens is 1. The first-order chi connectivity index (χ1) is 15.4. The molecular formula is C26H41N2O4+. The van der Waals surface area contributed by atoms with Gasteiger partial charge in [0.25, 0.3) is 0 Å². The second-order valence-corrected chi connectivity index (χ2v) is 10.7. The standard InChI is InChI=1S/C26H41N2O4/c1-26(2,3)32-25(29)28(17-13-21(14-18-28)20-11-15-27-16-12-20)22-7-9-23(10-8-22)31-24-6-4-5-19-30-24/h7-10,20-21,24,27H,4-6,11-19H2,1-3H3/q+1. The Bertz CT molecular complexity index is 738. The molecule has 0 saturated carbocycles. The first kappa shape index (κ1) is 23.5. The van der Waals surface area contributed by atoms with E-state index in [1.165, 1.54) is 12.8 Å². The number of benzene rings is 1. The summed E-state index contributed by atoms with van der Waals surface area (Å²) in [5.41, 5.74) is 0.496. The Morgan fingerprint density at radius 1 is 0.969 bits per heavy atom. The van der Waals surface area contributed by atoms with E-state index >= 15 is 0 Å². The van der Waals surface area contributed by atoms with Crippen molar-refractivity contribution in [3.05, 3.63) is 24.3 Å². The molecule has 3 aliphatic rings. The lowest BCUT2D eigenvalue weighted by molar-refractivity contribution is -0.105. The second kappa shape index (κ2) is 10.1. The molecule has 3 aliphatic heterocycles.